The van der Waals surface area contributed by atoms with Gasteiger partial charge in [-0.1, -0.05) is 43.7 Å². The molecule has 8 nitrogen and oxygen atoms in total. The summed E-state index contributed by atoms with van der Waals surface area (Å²) < 4.78 is 57.6. The molecule has 2 aromatic rings. The number of allylic oxidation sites excluding steroid dienone is 1. The third-order valence-corrected chi connectivity index (χ3v) is 5.99. The molecule has 0 aliphatic carbocycles. The molecule has 0 spiro atoms. The van der Waals surface area contributed by atoms with Gasteiger partial charge in [-0.2, -0.15) is 18.2 Å². The minimum Gasteiger partial charge on any atom is -0.489 e. The molecule has 0 radical (unpaired) electrons. The number of amides is 1. The molecule has 1 atom stereocenters. The van der Waals surface area contributed by atoms with E-state index in [0.717, 1.165) is 38.2 Å². The number of benzene rings is 1. The summed E-state index contributed by atoms with van der Waals surface area (Å²) in [7, 11) is 0. The zero-order chi connectivity index (χ0) is 28.6. The number of nitrogens with zero attached hydrogens (tertiary/aromatic N) is 3. The van der Waals surface area contributed by atoms with E-state index in [2.05, 4.69) is 29.0 Å². The maximum Gasteiger partial charge on any atom is 0.419 e. The number of nitrogens with one attached hydrogen (secondary N) is 1. The van der Waals surface area contributed by atoms with Gasteiger partial charge in [-0.15, -0.1) is 0 Å². The minimum absolute atomic E-state index is 0.0235. The zero-order valence-corrected chi connectivity index (χ0v) is 22.9. The Kier molecular flexibility index (Phi) is 10.0. The lowest BCUT2D eigenvalue weighted by atomic mass is 10.1. The summed E-state index contributed by atoms with van der Waals surface area (Å²) in [6, 6.07) is 3.32. The van der Waals surface area contributed by atoms with Crippen LogP contribution in [0.25, 0.3) is 11.4 Å². The van der Waals surface area contributed by atoms with Gasteiger partial charge in [0.25, 0.3) is 0 Å². The molecule has 11 heteroatoms. The summed E-state index contributed by atoms with van der Waals surface area (Å²) in [4.78, 5) is 18.3. The largest absolute Gasteiger partial charge is 0.489 e. The van der Waals surface area contributed by atoms with Crippen molar-refractivity contribution in [1.82, 2.24) is 20.4 Å². The van der Waals surface area contributed by atoms with Gasteiger partial charge in [0.1, 0.15) is 29.8 Å². The number of alkyl halides is 3. The van der Waals surface area contributed by atoms with Crippen molar-refractivity contribution in [3.63, 3.8) is 0 Å². The van der Waals surface area contributed by atoms with Gasteiger partial charge >= 0.3 is 12.3 Å². The highest BCUT2D eigenvalue weighted by atomic mass is 19.4. The number of alkyl carbamates (subject to hydrolysis) is 1. The summed E-state index contributed by atoms with van der Waals surface area (Å²) in [5, 5.41) is 6.54. The van der Waals surface area contributed by atoms with E-state index in [-0.39, 0.29) is 35.7 Å². The molecule has 1 aliphatic rings. The van der Waals surface area contributed by atoms with E-state index >= 15 is 0 Å². The van der Waals surface area contributed by atoms with Gasteiger partial charge in [-0.25, -0.2) is 4.79 Å². The maximum absolute atomic E-state index is 13.8. The topological polar surface area (TPSA) is 89.7 Å². The van der Waals surface area contributed by atoms with E-state index < -0.39 is 23.4 Å². The Bertz CT molecular complexity index is 1150. The van der Waals surface area contributed by atoms with Gasteiger partial charge < -0.3 is 18.9 Å². The Balaban J connectivity index is 1.71. The number of hydrogen-bond donors (Lipinski definition) is 1. The van der Waals surface area contributed by atoms with Crippen molar-refractivity contribution in [2.45, 2.75) is 84.0 Å². The SMILES string of the molecule is C=C(NC(=O)OC(C)(C)C)N1CCC[C@H]1c1nc(-c2ccc(OCC=CCCCCC)c(C(F)(F)F)c2)no1. The second kappa shape index (κ2) is 13.0. The lowest BCUT2D eigenvalue weighted by Gasteiger charge is -2.27. The van der Waals surface area contributed by atoms with Crippen LogP contribution in [0.3, 0.4) is 0 Å². The number of ether oxygens (including phenoxy) is 2. The third kappa shape index (κ3) is 8.76. The summed E-state index contributed by atoms with van der Waals surface area (Å²) in [5.74, 6) is 0.290. The van der Waals surface area contributed by atoms with Crippen molar-refractivity contribution in [2.75, 3.05) is 13.2 Å². The number of unbranched alkanes of at least 4 members (excludes halogenated alkanes) is 3. The predicted molar refractivity (Wildman–Crippen MR) is 141 cm³/mol. The molecular weight excluding hydrogens is 513 g/mol. The van der Waals surface area contributed by atoms with E-state index in [1.165, 1.54) is 12.1 Å². The predicted octanol–water partition coefficient (Wildman–Crippen LogP) is 7.40. The number of rotatable bonds is 11. The van der Waals surface area contributed by atoms with Gasteiger partial charge in [0.15, 0.2) is 0 Å². The monoisotopic (exact) mass is 550 g/mol. The first-order valence-corrected chi connectivity index (χ1v) is 13.2. The van der Waals surface area contributed by atoms with Gasteiger partial charge in [0.2, 0.25) is 11.7 Å². The first kappa shape index (κ1) is 30.0. The lowest BCUT2D eigenvalue weighted by Crippen LogP contribution is -2.37. The summed E-state index contributed by atoms with van der Waals surface area (Å²) in [6.45, 7) is 11.9. The average molecular weight is 551 g/mol. The van der Waals surface area contributed by atoms with Crippen LogP contribution in [0, 0.1) is 0 Å². The minimum atomic E-state index is -4.63. The van der Waals surface area contributed by atoms with Gasteiger partial charge in [-0.05, 0) is 64.7 Å². The molecule has 1 saturated heterocycles. The van der Waals surface area contributed by atoms with Crippen LogP contribution in [-0.4, -0.2) is 39.9 Å². The maximum atomic E-state index is 13.8. The van der Waals surface area contributed by atoms with Gasteiger partial charge in [0, 0.05) is 12.1 Å². The van der Waals surface area contributed by atoms with Crippen molar-refractivity contribution in [3.05, 3.63) is 54.2 Å². The standard InChI is InChI=1S/C28H37F3N4O4/c1-6-7-8-9-10-11-17-37-23-15-14-20(18-21(23)28(29,30)31)24-33-25(39-34-24)22-13-12-16-35(22)19(2)32-26(36)38-27(3,4)5/h10-11,14-15,18,22H,2,6-9,12-13,16-17H2,1,3-5H3,(H,32,36)/t22-/m0/s1. The van der Waals surface area contributed by atoms with Gasteiger partial charge in [0.05, 0.1) is 5.56 Å². The molecule has 1 N–H and O–H groups in total. The molecule has 2 heterocycles. The van der Waals surface area contributed by atoms with Crippen LogP contribution in [0.4, 0.5) is 18.0 Å². The van der Waals surface area contributed by atoms with Gasteiger partial charge in [-0.3, -0.25) is 5.32 Å². The van der Waals surface area contributed by atoms with Crippen molar-refractivity contribution >= 4 is 6.09 Å². The summed E-state index contributed by atoms with van der Waals surface area (Å²) in [5.41, 5.74) is -1.44. The van der Waals surface area contributed by atoms with Crippen LogP contribution in [0.15, 0.2) is 47.3 Å². The molecule has 1 amide bonds. The Hall–Kier alpha value is -3.50. The number of aromatic nitrogens is 2. The van der Waals surface area contributed by atoms with Crippen LogP contribution in [0.1, 0.15) is 83.7 Å². The molecular formula is C28H37F3N4O4. The van der Waals surface area contributed by atoms with Crippen LogP contribution >= 0.6 is 0 Å². The zero-order valence-electron chi connectivity index (χ0n) is 22.9. The molecule has 1 aromatic heterocycles. The number of halogens is 3. The van der Waals surface area contributed by atoms with Crippen molar-refractivity contribution in [2.24, 2.45) is 0 Å². The fourth-order valence-corrected chi connectivity index (χ4v) is 4.18. The molecule has 39 heavy (non-hydrogen) atoms. The molecule has 0 saturated carbocycles. The molecule has 1 aromatic carbocycles. The summed E-state index contributed by atoms with van der Waals surface area (Å²) >= 11 is 0. The highest BCUT2D eigenvalue weighted by Gasteiger charge is 2.36. The number of likely N-dealkylation sites (tertiary alicyclic amines) is 1. The fraction of sp³-hybridized carbons (Fsp3) is 0.536. The molecule has 3 rings (SSSR count). The van der Waals surface area contributed by atoms with Crippen LogP contribution < -0.4 is 10.1 Å². The Morgan fingerprint density at radius 3 is 2.72 bits per heavy atom. The number of carbonyl (C=O) groups excluding carboxylic acids is 1. The van der Waals surface area contributed by atoms with E-state index in [9.17, 15) is 18.0 Å². The second-order valence-corrected chi connectivity index (χ2v) is 10.4. The Morgan fingerprint density at radius 1 is 1.26 bits per heavy atom. The number of hydrogen-bond acceptors (Lipinski definition) is 7. The Morgan fingerprint density at radius 2 is 2.03 bits per heavy atom. The molecule has 214 valence electrons. The number of carbonyl (C=O) groups is 1. The third-order valence-electron chi connectivity index (χ3n) is 5.99. The van der Waals surface area contributed by atoms with Crippen molar-refractivity contribution in [1.29, 1.82) is 0 Å². The summed E-state index contributed by atoms with van der Waals surface area (Å²) in [6.07, 6.45) is 3.91. The first-order chi connectivity index (χ1) is 18.4. The lowest BCUT2D eigenvalue weighted by molar-refractivity contribution is -0.138. The fourth-order valence-electron chi connectivity index (χ4n) is 4.18. The van der Waals surface area contributed by atoms with E-state index in [4.69, 9.17) is 14.0 Å². The second-order valence-electron chi connectivity index (χ2n) is 10.4. The van der Waals surface area contributed by atoms with E-state index in [0.29, 0.717) is 18.8 Å². The molecule has 1 aliphatic heterocycles. The highest BCUT2D eigenvalue weighted by molar-refractivity contribution is 5.69. The van der Waals surface area contributed by atoms with Crippen molar-refractivity contribution in [3.8, 4) is 17.1 Å². The quantitative estimate of drug-likeness (QED) is 0.230. The van der Waals surface area contributed by atoms with E-state index in [1.807, 2.05) is 6.08 Å². The van der Waals surface area contributed by atoms with E-state index in [1.54, 1.807) is 31.7 Å². The Labute approximate surface area is 227 Å². The normalized spacial score (nSPS) is 16.1. The van der Waals surface area contributed by atoms with Crippen LogP contribution in [-0.2, 0) is 10.9 Å². The first-order valence-electron chi connectivity index (χ1n) is 13.2. The average Bonchev–Trinajstić information content (AvgIpc) is 3.51. The van der Waals surface area contributed by atoms with Crippen molar-refractivity contribution < 1.29 is 32.0 Å². The molecule has 1 fully saturated rings. The molecule has 0 bridgehead atoms. The smallest absolute Gasteiger partial charge is 0.419 e. The molecule has 0 unspecified atom stereocenters. The van der Waals surface area contributed by atoms with Crippen LogP contribution in [0.2, 0.25) is 0 Å². The van der Waals surface area contributed by atoms with Crippen LogP contribution in [0.5, 0.6) is 5.75 Å². The highest BCUT2D eigenvalue weighted by Crippen LogP contribution is 2.39.